The maximum atomic E-state index is 9.98. The second-order valence-corrected chi connectivity index (χ2v) is 9.05. The van der Waals surface area contributed by atoms with Crippen molar-refractivity contribution >= 4 is 46.6 Å². The molecule has 4 aromatic rings. The molecule has 0 N–H and O–H groups in total. The van der Waals surface area contributed by atoms with Gasteiger partial charge in [-0.3, -0.25) is 0 Å². The number of aromatic nitrogens is 1. The van der Waals surface area contributed by atoms with Crippen molar-refractivity contribution < 1.29 is 0 Å². The largest absolute Gasteiger partial charge is 0.240 e. The monoisotopic (exact) mass is 480 g/mol. The first-order chi connectivity index (χ1) is 15.0. The van der Waals surface area contributed by atoms with Gasteiger partial charge in [-0.25, -0.2) is 4.98 Å². The predicted molar refractivity (Wildman–Crippen MR) is 131 cm³/mol. The Hall–Kier alpha value is -2.48. The van der Waals surface area contributed by atoms with Gasteiger partial charge in [0.25, 0.3) is 0 Å². The van der Waals surface area contributed by atoms with Crippen molar-refractivity contribution in [1.82, 2.24) is 4.98 Å². The fraction of sp³-hybridized carbons (Fsp3) is 0.0400. The molecule has 4 rings (SSSR count). The zero-order valence-corrected chi connectivity index (χ0v) is 19.2. The van der Waals surface area contributed by atoms with Gasteiger partial charge in [0, 0.05) is 31.9 Å². The zero-order valence-electron chi connectivity index (χ0n) is 16.1. The minimum absolute atomic E-state index is 0.541. The molecule has 3 aromatic carbocycles. The summed E-state index contributed by atoms with van der Waals surface area (Å²) in [6.07, 6.45) is 0. The SMILES string of the molecule is N#Cc1c(-c2ccc(Cl)cc2)cc(-c2ccc(Cl)cc2)nc1SCc1ccc(Cl)cc1. The number of benzene rings is 3. The van der Waals surface area contributed by atoms with Crippen molar-refractivity contribution in [2.45, 2.75) is 10.8 Å². The summed E-state index contributed by atoms with van der Waals surface area (Å²) in [6, 6.07) is 27.0. The third kappa shape index (κ3) is 5.23. The topological polar surface area (TPSA) is 36.7 Å². The lowest BCUT2D eigenvalue weighted by atomic mass is 9.99. The summed E-state index contributed by atoms with van der Waals surface area (Å²) in [7, 11) is 0. The molecular formula is C25H15Cl3N2S. The predicted octanol–water partition coefficient (Wildman–Crippen LogP) is 8.54. The van der Waals surface area contributed by atoms with E-state index in [-0.39, 0.29) is 0 Å². The zero-order chi connectivity index (χ0) is 21.8. The Bertz CT molecular complexity index is 1250. The first kappa shape index (κ1) is 21.7. The van der Waals surface area contributed by atoms with Crippen LogP contribution in [0.5, 0.6) is 0 Å². The molecule has 2 nitrogen and oxygen atoms in total. The highest BCUT2D eigenvalue weighted by Gasteiger charge is 2.16. The van der Waals surface area contributed by atoms with Gasteiger partial charge in [-0.05, 0) is 53.6 Å². The molecule has 0 aliphatic rings. The molecule has 0 unspecified atom stereocenters. The molecule has 0 radical (unpaired) electrons. The van der Waals surface area contributed by atoms with E-state index in [2.05, 4.69) is 6.07 Å². The molecular weight excluding hydrogens is 467 g/mol. The lowest BCUT2D eigenvalue weighted by Gasteiger charge is -2.13. The van der Waals surface area contributed by atoms with Gasteiger partial charge < -0.3 is 0 Å². The summed E-state index contributed by atoms with van der Waals surface area (Å²) >= 11 is 19.7. The van der Waals surface area contributed by atoms with Crippen LogP contribution < -0.4 is 0 Å². The number of hydrogen-bond acceptors (Lipinski definition) is 3. The third-order valence-corrected chi connectivity index (χ3v) is 6.48. The Morgan fingerprint density at radius 2 is 1.26 bits per heavy atom. The maximum absolute atomic E-state index is 9.98. The standard InChI is InChI=1S/C25H15Cl3N2S/c26-19-7-1-16(2-8-19)15-31-25-23(14-29)22(17-3-9-20(27)10-4-17)13-24(30-25)18-5-11-21(28)12-6-18/h1-13H,15H2. The van der Waals surface area contributed by atoms with E-state index in [1.54, 1.807) is 0 Å². The summed E-state index contributed by atoms with van der Waals surface area (Å²) in [5.41, 5.74) is 5.07. The lowest BCUT2D eigenvalue weighted by Crippen LogP contribution is -1.96. The maximum Gasteiger partial charge on any atom is 0.115 e. The van der Waals surface area contributed by atoms with Gasteiger partial charge in [-0.2, -0.15) is 5.26 Å². The minimum Gasteiger partial charge on any atom is -0.240 e. The van der Waals surface area contributed by atoms with Crippen LogP contribution >= 0.6 is 46.6 Å². The van der Waals surface area contributed by atoms with E-state index in [1.165, 1.54) is 11.8 Å². The van der Waals surface area contributed by atoms with E-state index in [0.717, 1.165) is 27.9 Å². The molecule has 0 bridgehead atoms. The van der Waals surface area contributed by atoms with Gasteiger partial charge in [0.2, 0.25) is 0 Å². The Labute approximate surface area is 200 Å². The summed E-state index contributed by atoms with van der Waals surface area (Å²) in [5, 5.41) is 12.7. The fourth-order valence-electron chi connectivity index (χ4n) is 3.09. The summed E-state index contributed by atoms with van der Waals surface area (Å²) in [6.45, 7) is 0. The van der Waals surface area contributed by atoms with Crippen molar-refractivity contribution in [2.75, 3.05) is 0 Å². The van der Waals surface area contributed by atoms with E-state index in [0.29, 0.717) is 31.4 Å². The molecule has 0 aliphatic heterocycles. The molecule has 152 valence electrons. The average molecular weight is 482 g/mol. The number of thioether (sulfide) groups is 1. The van der Waals surface area contributed by atoms with Crippen molar-refractivity contribution in [1.29, 1.82) is 5.26 Å². The average Bonchev–Trinajstić information content (AvgIpc) is 2.79. The quantitative estimate of drug-likeness (QED) is 0.268. The summed E-state index contributed by atoms with van der Waals surface area (Å²) < 4.78 is 0. The van der Waals surface area contributed by atoms with E-state index >= 15 is 0 Å². The van der Waals surface area contributed by atoms with Crippen LogP contribution in [0.1, 0.15) is 11.1 Å². The van der Waals surface area contributed by atoms with Crippen molar-refractivity contribution in [3.05, 3.63) is 105 Å². The summed E-state index contributed by atoms with van der Waals surface area (Å²) in [5.74, 6) is 0.670. The molecule has 0 saturated carbocycles. The molecule has 0 fully saturated rings. The van der Waals surface area contributed by atoms with Crippen LogP contribution in [0.25, 0.3) is 22.4 Å². The van der Waals surface area contributed by atoms with Gasteiger partial charge >= 0.3 is 0 Å². The Morgan fingerprint density at radius 1 is 0.742 bits per heavy atom. The minimum atomic E-state index is 0.541. The van der Waals surface area contributed by atoms with E-state index in [1.807, 2.05) is 78.9 Å². The van der Waals surface area contributed by atoms with Crippen LogP contribution in [0, 0.1) is 11.3 Å². The number of pyridine rings is 1. The molecule has 1 aromatic heterocycles. The number of hydrogen-bond donors (Lipinski definition) is 0. The summed E-state index contributed by atoms with van der Waals surface area (Å²) in [4.78, 5) is 4.83. The number of nitrogens with zero attached hydrogens (tertiary/aromatic N) is 2. The fourth-order valence-corrected chi connectivity index (χ4v) is 4.43. The van der Waals surface area contributed by atoms with Gasteiger partial charge in [0.15, 0.2) is 0 Å². The number of nitriles is 1. The van der Waals surface area contributed by atoms with Crippen molar-refractivity contribution in [3.63, 3.8) is 0 Å². The molecule has 0 amide bonds. The van der Waals surface area contributed by atoms with E-state index < -0.39 is 0 Å². The normalized spacial score (nSPS) is 10.6. The first-order valence-electron chi connectivity index (χ1n) is 9.38. The highest BCUT2D eigenvalue weighted by Crippen LogP contribution is 2.36. The smallest absolute Gasteiger partial charge is 0.115 e. The molecule has 0 aliphatic carbocycles. The molecule has 1 heterocycles. The third-order valence-electron chi connectivity index (χ3n) is 4.68. The first-order valence-corrected chi connectivity index (χ1v) is 11.5. The van der Waals surface area contributed by atoms with E-state index in [9.17, 15) is 5.26 Å². The highest BCUT2D eigenvalue weighted by molar-refractivity contribution is 7.98. The van der Waals surface area contributed by atoms with Gasteiger partial charge in [0.1, 0.15) is 11.1 Å². The molecule has 0 spiro atoms. The van der Waals surface area contributed by atoms with Gasteiger partial charge in [-0.15, -0.1) is 11.8 Å². The van der Waals surface area contributed by atoms with Gasteiger partial charge in [-0.1, -0.05) is 71.2 Å². The second kappa shape index (κ2) is 9.77. The highest BCUT2D eigenvalue weighted by atomic mass is 35.5. The Morgan fingerprint density at radius 3 is 1.81 bits per heavy atom. The number of halogens is 3. The van der Waals surface area contributed by atoms with Crippen LogP contribution in [0.15, 0.2) is 83.9 Å². The van der Waals surface area contributed by atoms with E-state index in [4.69, 9.17) is 39.8 Å². The van der Waals surface area contributed by atoms with Crippen LogP contribution in [0.3, 0.4) is 0 Å². The van der Waals surface area contributed by atoms with Crippen LogP contribution in [-0.2, 0) is 5.75 Å². The van der Waals surface area contributed by atoms with Gasteiger partial charge in [0.05, 0.1) is 11.3 Å². The molecule has 0 saturated heterocycles. The second-order valence-electron chi connectivity index (χ2n) is 6.78. The van der Waals surface area contributed by atoms with Crippen molar-refractivity contribution in [3.8, 4) is 28.5 Å². The van der Waals surface area contributed by atoms with Crippen molar-refractivity contribution in [2.24, 2.45) is 0 Å². The lowest BCUT2D eigenvalue weighted by molar-refractivity contribution is 1.12. The van der Waals surface area contributed by atoms with Crippen LogP contribution in [0.2, 0.25) is 15.1 Å². The Balaban J connectivity index is 1.81. The van der Waals surface area contributed by atoms with Crippen LogP contribution in [0.4, 0.5) is 0 Å². The molecule has 0 atom stereocenters. The molecule has 31 heavy (non-hydrogen) atoms. The molecule has 6 heteroatoms. The number of rotatable bonds is 5. The van der Waals surface area contributed by atoms with Crippen LogP contribution in [-0.4, -0.2) is 4.98 Å². The Kier molecular flexibility index (Phi) is 6.85.